The lowest BCUT2D eigenvalue weighted by atomic mass is 10.3. The predicted octanol–water partition coefficient (Wildman–Crippen LogP) is 0.565. The van der Waals surface area contributed by atoms with Crippen LogP contribution in [0.4, 0.5) is 5.69 Å². The first-order valence-corrected chi connectivity index (χ1v) is 4.18. The second-order valence-electron chi connectivity index (χ2n) is 2.03. The standard InChI is InChI=1S/C6H5NO4S/c8-7(9)5-1-3-6(4-2-5)12(10)11/h1-4,12H. The van der Waals surface area contributed by atoms with Crippen LogP contribution < -0.4 is 0 Å². The van der Waals surface area contributed by atoms with Crippen molar-refractivity contribution >= 4 is 16.4 Å². The molecule has 0 bridgehead atoms. The average molecular weight is 187 g/mol. The summed E-state index contributed by atoms with van der Waals surface area (Å²) in [6.45, 7) is 0. The van der Waals surface area contributed by atoms with E-state index in [4.69, 9.17) is 0 Å². The van der Waals surface area contributed by atoms with E-state index in [1.54, 1.807) is 0 Å². The van der Waals surface area contributed by atoms with Crippen LogP contribution in [0.25, 0.3) is 0 Å². The van der Waals surface area contributed by atoms with Crippen molar-refractivity contribution in [1.29, 1.82) is 0 Å². The van der Waals surface area contributed by atoms with E-state index < -0.39 is 15.6 Å². The smallest absolute Gasteiger partial charge is 0.258 e. The molecule has 0 aliphatic carbocycles. The SMILES string of the molecule is O=[N+]([O-])c1ccc([SH](=O)=O)cc1. The van der Waals surface area contributed by atoms with Gasteiger partial charge in [-0.2, -0.15) is 0 Å². The highest BCUT2D eigenvalue weighted by Gasteiger charge is 2.03. The minimum Gasteiger partial charge on any atom is -0.258 e. The number of hydrogen-bond acceptors (Lipinski definition) is 4. The molecule has 0 heterocycles. The lowest BCUT2D eigenvalue weighted by Crippen LogP contribution is -1.87. The molecule has 1 rings (SSSR count). The number of non-ortho nitro benzene ring substituents is 1. The van der Waals surface area contributed by atoms with Crippen LogP contribution >= 0.6 is 0 Å². The summed E-state index contributed by atoms with van der Waals surface area (Å²) < 4.78 is 20.7. The molecular weight excluding hydrogens is 182 g/mol. The summed E-state index contributed by atoms with van der Waals surface area (Å²) in [4.78, 5) is 9.63. The molecule has 1 aromatic rings. The Morgan fingerprint density at radius 2 is 1.67 bits per heavy atom. The van der Waals surface area contributed by atoms with E-state index in [0.717, 1.165) is 12.1 Å². The topological polar surface area (TPSA) is 77.3 Å². The fraction of sp³-hybridized carbons (Fsp3) is 0. The third-order valence-corrected chi connectivity index (χ3v) is 1.99. The molecule has 1 aromatic carbocycles. The maximum Gasteiger partial charge on any atom is 0.269 e. The summed E-state index contributed by atoms with van der Waals surface area (Å²) in [5, 5.41) is 10.1. The molecule has 12 heavy (non-hydrogen) atoms. The molecule has 0 saturated heterocycles. The van der Waals surface area contributed by atoms with Crippen molar-refractivity contribution in [2.24, 2.45) is 0 Å². The zero-order valence-electron chi connectivity index (χ0n) is 5.84. The van der Waals surface area contributed by atoms with Gasteiger partial charge < -0.3 is 0 Å². The van der Waals surface area contributed by atoms with Gasteiger partial charge in [-0.15, -0.1) is 0 Å². The summed E-state index contributed by atoms with van der Waals surface area (Å²) in [7, 11) is -2.65. The number of nitro benzene ring substituents is 1. The van der Waals surface area contributed by atoms with Gasteiger partial charge >= 0.3 is 0 Å². The highest BCUT2D eigenvalue weighted by Crippen LogP contribution is 2.12. The van der Waals surface area contributed by atoms with Crippen molar-refractivity contribution < 1.29 is 13.3 Å². The Balaban J connectivity index is 3.09. The number of thiol groups is 1. The monoisotopic (exact) mass is 187 g/mol. The number of rotatable bonds is 2. The van der Waals surface area contributed by atoms with Crippen LogP contribution in [0.3, 0.4) is 0 Å². The van der Waals surface area contributed by atoms with Gasteiger partial charge in [-0.1, -0.05) is 0 Å². The molecule has 0 spiro atoms. The Kier molecular flexibility index (Phi) is 2.39. The minimum absolute atomic E-state index is 0.0793. The molecule has 0 unspecified atom stereocenters. The third kappa shape index (κ3) is 1.79. The van der Waals surface area contributed by atoms with Crippen molar-refractivity contribution in [3.63, 3.8) is 0 Å². The van der Waals surface area contributed by atoms with E-state index in [2.05, 4.69) is 0 Å². The maximum absolute atomic E-state index is 10.3. The summed E-state index contributed by atoms with van der Waals surface area (Å²) in [6, 6.07) is 4.70. The van der Waals surface area contributed by atoms with Crippen LogP contribution in [0.5, 0.6) is 0 Å². The molecule has 0 amide bonds. The Bertz CT molecular complexity index is 360. The molecule has 6 heteroatoms. The molecule has 0 aliphatic rings. The molecule has 0 fully saturated rings. The maximum atomic E-state index is 10.3. The molecule has 0 saturated carbocycles. The van der Waals surface area contributed by atoms with E-state index in [1.165, 1.54) is 12.1 Å². The second kappa shape index (κ2) is 3.31. The molecule has 0 radical (unpaired) electrons. The van der Waals surface area contributed by atoms with Gasteiger partial charge in [0.15, 0.2) is 10.7 Å². The van der Waals surface area contributed by atoms with Gasteiger partial charge in [0.1, 0.15) is 0 Å². The summed E-state index contributed by atoms with van der Waals surface area (Å²) in [6.07, 6.45) is 0. The van der Waals surface area contributed by atoms with Crippen LogP contribution in [-0.4, -0.2) is 13.3 Å². The fourth-order valence-electron chi connectivity index (χ4n) is 0.696. The number of hydrogen-bond donors (Lipinski definition) is 1. The van der Waals surface area contributed by atoms with E-state index in [-0.39, 0.29) is 10.6 Å². The lowest BCUT2D eigenvalue weighted by molar-refractivity contribution is -0.384. The predicted molar refractivity (Wildman–Crippen MR) is 41.7 cm³/mol. The Morgan fingerprint density at radius 3 is 2.00 bits per heavy atom. The van der Waals surface area contributed by atoms with Crippen LogP contribution in [0.1, 0.15) is 0 Å². The third-order valence-electron chi connectivity index (χ3n) is 1.27. The normalized spacial score (nSPS) is 10.1. The largest absolute Gasteiger partial charge is 0.269 e. The van der Waals surface area contributed by atoms with Crippen molar-refractivity contribution in [3.05, 3.63) is 34.4 Å². The average Bonchev–Trinajstić information content (AvgIpc) is 2.04. The second-order valence-corrected chi connectivity index (χ2v) is 3.06. The highest BCUT2D eigenvalue weighted by atomic mass is 32.2. The number of nitro groups is 1. The summed E-state index contributed by atoms with van der Waals surface area (Å²) >= 11 is 0. The van der Waals surface area contributed by atoms with Gasteiger partial charge in [0.05, 0.1) is 9.82 Å². The highest BCUT2D eigenvalue weighted by molar-refractivity contribution is 7.72. The van der Waals surface area contributed by atoms with Crippen molar-refractivity contribution in [3.8, 4) is 0 Å². The molecule has 0 aromatic heterocycles. The van der Waals surface area contributed by atoms with Gasteiger partial charge in [0.25, 0.3) is 5.69 Å². The van der Waals surface area contributed by atoms with Crippen molar-refractivity contribution in [1.82, 2.24) is 0 Å². The van der Waals surface area contributed by atoms with Gasteiger partial charge in [-0.3, -0.25) is 10.1 Å². The Labute approximate surface area is 69.7 Å². The fourth-order valence-corrected chi connectivity index (χ4v) is 1.09. The van der Waals surface area contributed by atoms with E-state index in [0.29, 0.717) is 0 Å². The Hall–Kier alpha value is -1.43. The lowest BCUT2D eigenvalue weighted by Gasteiger charge is -1.90. The molecule has 64 valence electrons. The van der Waals surface area contributed by atoms with E-state index in [9.17, 15) is 18.5 Å². The van der Waals surface area contributed by atoms with Gasteiger partial charge in [-0.05, 0) is 12.1 Å². The van der Waals surface area contributed by atoms with Crippen LogP contribution in [0, 0.1) is 10.1 Å². The first kappa shape index (κ1) is 8.66. The van der Waals surface area contributed by atoms with Gasteiger partial charge in [0.2, 0.25) is 0 Å². The Morgan fingerprint density at radius 1 is 1.17 bits per heavy atom. The molecule has 0 atom stereocenters. The number of benzene rings is 1. The van der Waals surface area contributed by atoms with Crippen molar-refractivity contribution in [2.75, 3.05) is 0 Å². The molecule has 5 nitrogen and oxygen atoms in total. The van der Waals surface area contributed by atoms with Crippen LogP contribution in [0.15, 0.2) is 29.2 Å². The van der Waals surface area contributed by atoms with E-state index in [1.807, 2.05) is 0 Å². The summed E-state index contributed by atoms with van der Waals surface area (Å²) in [5.74, 6) is 0. The zero-order chi connectivity index (χ0) is 9.14. The quantitative estimate of drug-likeness (QED) is 0.417. The van der Waals surface area contributed by atoms with Crippen LogP contribution in [-0.2, 0) is 10.7 Å². The molecule has 0 aliphatic heterocycles. The molecule has 0 N–H and O–H groups in total. The number of nitrogens with zero attached hydrogens (tertiary/aromatic N) is 1. The first-order chi connectivity index (χ1) is 5.61. The van der Waals surface area contributed by atoms with Gasteiger partial charge in [0, 0.05) is 12.1 Å². The first-order valence-electron chi connectivity index (χ1n) is 3.00. The van der Waals surface area contributed by atoms with Crippen molar-refractivity contribution in [2.45, 2.75) is 4.90 Å². The summed E-state index contributed by atoms with van der Waals surface area (Å²) in [5.41, 5.74) is -0.115. The van der Waals surface area contributed by atoms with Gasteiger partial charge in [-0.25, -0.2) is 8.42 Å². The minimum atomic E-state index is -2.65. The van der Waals surface area contributed by atoms with Crippen LogP contribution in [0.2, 0.25) is 0 Å². The zero-order valence-corrected chi connectivity index (χ0v) is 6.73. The molecular formula is C6H5NO4S. The van der Waals surface area contributed by atoms with E-state index >= 15 is 0 Å².